The first-order valence-electron chi connectivity index (χ1n) is 6.63. The molecule has 1 aromatic rings. The van der Waals surface area contributed by atoms with Crippen LogP contribution in [-0.2, 0) is 16.0 Å². The number of carbonyl (C=O) groups excluding carboxylic acids is 2. The van der Waals surface area contributed by atoms with Gasteiger partial charge in [-0.25, -0.2) is 4.98 Å². The molecule has 0 saturated heterocycles. The van der Waals surface area contributed by atoms with Gasteiger partial charge in [0.1, 0.15) is 0 Å². The first kappa shape index (κ1) is 14.0. The molecule has 2 amide bonds. The van der Waals surface area contributed by atoms with Crippen molar-refractivity contribution < 1.29 is 9.59 Å². The van der Waals surface area contributed by atoms with Gasteiger partial charge >= 0.3 is 0 Å². The normalized spacial score (nSPS) is 15.9. The van der Waals surface area contributed by atoms with Crippen molar-refractivity contribution in [2.45, 2.75) is 45.6 Å². The zero-order valence-corrected chi connectivity index (χ0v) is 12.0. The molecule has 19 heavy (non-hydrogen) atoms. The van der Waals surface area contributed by atoms with Crippen LogP contribution in [0.15, 0.2) is 5.38 Å². The monoisotopic (exact) mass is 281 g/mol. The molecular weight excluding hydrogens is 262 g/mol. The van der Waals surface area contributed by atoms with Crippen LogP contribution in [0.1, 0.15) is 38.8 Å². The molecule has 2 N–H and O–H groups in total. The lowest BCUT2D eigenvalue weighted by Gasteiger charge is -2.10. The molecule has 0 bridgehead atoms. The van der Waals surface area contributed by atoms with Crippen molar-refractivity contribution in [2.75, 3.05) is 5.32 Å². The first-order valence-corrected chi connectivity index (χ1v) is 7.51. The Kier molecular flexibility index (Phi) is 4.52. The van der Waals surface area contributed by atoms with Gasteiger partial charge in [-0.05, 0) is 26.2 Å². The standard InChI is InChI=1S/C13H19N3O2S/c1-3-8(2)14-11(17)6-10-7-19-13(15-10)16-12(18)9-4-5-9/h7-9H,3-6H2,1-2H3,(H,14,17)(H,15,16,18). The second-order valence-electron chi connectivity index (χ2n) is 4.96. The number of nitrogens with one attached hydrogen (secondary N) is 2. The van der Waals surface area contributed by atoms with Gasteiger partial charge in [0, 0.05) is 17.3 Å². The largest absolute Gasteiger partial charge is 0.353 e. The van der Waals surface area contributed by atoms with Crippen molar-refractivity contribution in [1.29, 1.82) is 0 Å². The highest BCUT2D eigenvalue weighted by molar-refractivity contribution is 7.13. The van der Waals surface area contributed by atoms with Gasteiger partial charge in [-0.3, -0.25) is 9.59 Å². The Morgan fingerprint density at radius 3 is 2.89 bits per heavy atom. The van der Waals surface area contributed by atoms with Crippen molar-refractivity contribution in [2.24, 2.45) is 5.92 Å². The second kappa shape index (κ2) is 6.14. The summed E-state index contributed by atoms with van der Waals surface area (Å²) in [5.74, 6) is 0.186. The first-order chi connectivity index (χ1) is 9.08. The highest BCUT2D eigenvalue weighted by atomic mass is 32.1. The molecule has 0 radical (unpaired) electrons. The summed E-state index contributed by atoms with van der Waals surface area (Å²) in [7, 11) is 0. The van der Waals surface area contributed by atoms with E-state index in [0.717, 1.165) is 19.3 Å². The van der Waals surface area contributed by atoms with E-state index < -0.39 is 0 Å². The topological polar surface area (TPSA) is 71.1 Å². The van der Waals surface area contributed by atoms with Crippen LogP contribution in [0, 0.1) is 5.92 Å². The molecule has 2 rings (SSSR count). The van der Waals surface area contributed by atoms with E-state index in [-0.39, 0.29) is 30.2 Å². The van der Waals surface area contributed by atoms with Crippen LogP contribution in [0.2, 0.25) is 0 Å². The summed E-state index contributed by atoms with van der Waals surface area (Å²) in [5, 5.41) is 8.09. The van der Waals surface area contributed by atoms with Gasteiger partial charge in [-0.15, -0.1) is 11.3 Å². The highest BCUT2D eigenvalue weighted by Crippen LogP contribution is 2.30. The van der Waals surface area contributed by atoms with Gasteiger partial charge in [0.15, 0.2) is 5.13 Å². The van der Waals surface area contributed by atoms with Crippen LogP contribution in [0.3, 0.4) is 0 Å². The van der Waals surface area contributed by atoms with E-state index in [1.807, 2.05) is 19.2 Å². The maximum absolute atomic E-state index is 11.7. The highest BCUT2D eigenvalue weighted by Gasteiger charge is 2.30. The maximum atomic E-state index is 11.7. The predicted octanol–water partition coefficient (Wildman–Crippen LogP) is 1.95. The number of hydrogen-bond acceptors (Lipinski definition) is 4. The lowest BCUT2D eigenvalue weighted by Crippen LogP contribution is -2.33. The lowest BCUT2D eigenvalue weighted by atomic mass is 10.2. The number of anilines is 1. The molecule has 1 aliphatic carbocycles. The number of amides is 2. The number of carbonyl (C=O) groups is 2. The Morgan fingerprint density at radius 2 is 2.26 bits per heavy atom. The van der Waals surface area contributed by atoms with Crippen molar-refractivity contribution in [3.63, 3.8) is 0 Å². The lowest BCUT2D eigenvalue weighted by molar-refractivity contribution is -0.121. The number of aromatic nitrogens is 1. The van der Waals surface area contributed by atoms with E-state index in [9.17, 15) is 9.59 Å². The Bertz CT molecular complexity index is 468. The number of rotatable bonds is 6. The maximum Gasteiger partial charge on any atom is 0.229 e. The molecule has 0 aromatic carbocycles. The Morgan fingerprint density at radius 1 is 1.53 bits per heavy atom. The third-order valence-corrected chi connectivity index (χ3v) is 3.90. The van der Waals surface area contributed by atoms with Crippen molar-refractivity contribution in [3.05, 3.63) is 11.1 Å². The molecule has 1 aromatic heterocycles. The van der Waals surface area contributed by atoms with Gasteiger partial charge < -0.3 is 10.6 Å². The number of thiazole rings is 1. The van der Waals surface area contributed by atoms with E-state index in [0.29, 0.717) is 10.8 Å². The summed E-state index contributed by atoms with van der Waals surface area (Å²) in [6.45, 7) is 4.00. The SMILES string of the molecule is CCC(C)NC(=O)Cc1csc(NC(=O)C2CC2)n1. The summed E-state index contributed by atoms with van der Waals surface area (Å²) >= 11 is 1.37. The van der Waals surface area contributed by atoms with E-state index >= 15 is 0 Å². The fourth-order valence-electron chi connectivity index (χ4n) is 1.59. The van der Waals surface area contributed by atoms with Gasteiger partial charge in [0.05, 0.1) is 12.1 Å². The third kappa shape index (κ3) is 4.31. The van der Waals surface area contributed by atoms with Gasteiger partial charge in [-0.1, -0.05) is 6.92 Å². The molecule has 1 heterocycles. The van der Waals surface area contributed by atoms with E-state index in [1.165, 1.54) is 11.3 Å². The molecule has 0 aliphatic heterocycles. The fraction of sp³-hybridized carbons (Fsp3) is 0.615. The fourth-order valence-corrected chi connectivity index (χ4v) is 2.30. The van der Waals surface area contributed by atoms with Gasteiger partial charge in [-0.2, -0.15) is 0 Å². The van der Waals surface area contributed by atoms with Crippen LogP contribution in [0.5, 0.6) is 0 Å². The average Bonchev–Trinajstić information content (AvgIpc) is 3.13. The average molecular weight is 281 g/mol. The molecule has 1 aliphatic rings. The number of hydrogen-bond donors (Lipinski definition) is 2. The molecule has 1 saturated carbocycles. The summed E-state index contributed by atoms with van der Waals surface area (Å²) in [6, 6.07) is 0.181. The van der Waals surface area contributed by atoms with Crippen LogP contribution < -0.4 is 10.6 Å². The van der Waals surface area contributed by atoms with Crippen molar-refractivity contribution in [1.82, 2.24) is 10.3 Å². The second-order valence-corrected chi connectivity index (χ2v) is 5.82. The van der Waals surface area contributed by atoms with E-state index in [2.05, 4.69) is 15.6 Å². The summed E-state index contributed by atoms with van der Waals surface area (Å²) in [6.07, 6.45) is 3.12. The molecule has 0 spiro atoms. The van der Waals surface area contributed by atoms with Gasteiger partial charge in [0.2, 0.25) is 11.8 Å². The van der Waals surface area contributed by atoms with Crippen LogP contribution in [-0.4, -0.2) is 22.8 Å². The zero-order chi connectivity index (χ0) is 13.8. The summed E-state index contributed by atoms with van der Waals surface area (Å²) in [5.41, 5.74) is 0.705. The minimum atomic E-state index is -0.0280. The molecular formula is C13H19N3O2S. The molecule has 104 valence electrons. The van der Waals surface area contributed by atoms with Crippen LogP contribution in [0.4, 0.5) is 5.13 Å². The summed E-state index contributed by atoms with van der Waals surface area (Å²) in [4.78, 5) is 27.5. The van der Waals surface area contributed by atoms with Crippen LogP contribution in [0.25, 0.3) is 0 Å². The molecule has 6 heteroatoms. The van der Waals surface area contributed by atoms with Crippen molar-refractivity contribution in [3.8, 4) is 0 Å². The zero-order valence-electron chi connectivity index (χ0n) is 11.2. The Hall–Kier alpha value is -1.43. The van der Waals surface area contributed by atoms with E-state index in [1.54, 1.807) is 0 Å². The third-order valence-electron chi connectivity index (χ3n) is 3.09. The number of nitrogens with zero attached hydrogens (tertiary/aromatic N) is 1. The molecule has 5 nitrogen and oxygen atoms in total. The Labute approximate surface area is 116 Å². The van der Waals surface area contributed by atoms with Gasteiger partial charge in [0.25, 0.3) is 0 Å². The van der Waals surface area contributed by atoms with E-state index in [4.69, 9.17) is 0 Å². The minimum Gasteiger partial charge on any atom is -0.353 e. The molecule has 1 unspecified atom stereocenters. The summed E-state index contributed by atoms with van der Waals surface area (Å²) < 4.78 is 0. The predicted molar refractivity (Wildman–Crippen MR) is 75.1 cm³/mol. The van der Waals surface area contributed by atoms with Crippen molar-refractivity contribution >= 4 is 28.3 Å². The molecule has 1 fully saturated rings. The van der Waals surface area contributed by atoms with Crippen LogP contribution >= 0.6 is 11.3 Å². The Balaban J connectivity index is 1.82. The minimum absolute atomic E-state index is 0.0280. The quantitative estimate of drug-likeness (QED) is 0.837. The smallest absolute Gasteiger partial charge is 0.229 e. The molecule has 1 atom stereocenters.